The summed E-state index contributed by atoms with van der Waals surface area (Å²) >= 11 is 0. The van der Waals surface area contributed by atoms with Crippen LogP contribution in [0.1, 0.15) is 31.2 Å². The van der Waals surface area contributed by atoms with Crippen molar-refractivity contribution in [1.29, 1.82) is 0 Å². The summed E-state index contributed by atoms with van der Waals surface area (Å²) in [5.74, 6) is 0. The van der Waals surface area contributed by atoms with Gasteiger partial charge in [-0.05, 0) is 48.1 Å². The molecule has 3 aliphatic rings. The van der Waals surface area contributed by atoms with Gasteiger partial charge in [0.2, 0.25) is 0 Å². The summed E-state index contributed by atoms with van der Waals surface area (Å²) in [5, 5.41) is 28.0. The number of carbonyl (C=O) groups is 1. The van der Waals surface area contributed by atoms with E-state index in [1.165, 1.54) is 0 Å². The first-order chi connectivity index (χ1) is 17.1. The minimum absolute atomic E-state index is 0.0376. The number of urea groups is 1. The Bertz CT molecular complexity index is 1050. The maximum absolute atomic E-state index is 12.8. The molecule has 0 aromatic heterocycles. The number of carbonyl (C=O) groups excluding carboxylic acids is 1. The lowest BCUT2D eigenvalue weighted by Crippen LogP contribution is -2.54. The van der Waals surface area contributed by atoms with E-state index >= 15 is 0 Å². The monoisotopic (exact) mass is 478 g/mol. The van der Waals surface area contributed by atoms with E-state index in [1.807, 2.05) is 69.6 Å². The predicted molar refractivity (Wildman–Crippen MR) is 135 cm³/mol. The molecule has 0 bridgehead atoms. The Hall–Kier alpha value is -2.94. The Labute approximate surface area is 206 Å². The Kier molecular flexibility index (Phi) is 7.04. The molecule has 186 valence electrons. The second kappa shape index (κ2) is 10.4. The van der Waals surface area contributed by atoms with Gasteiger partial charge in [0, 0.05) is 38.8 Å². The van der Waals surface area contributed by atoms with Gasteiger partial charge in [-0.1, -0.05) is 36.4 Å². The van der Waals surface area contributed by atoms with E-state index in [1.54, 1.807) is 0 Å². The van der Waals surface area contributed by atoms with Crippen LogP contribution in [0.2, 0.25) is 0 Å². The quantitative estimate of drug-likeness (QED) is 0.690. The average molecular weight is 479 g/mol. The SMILES string of the molecule is O=C(N1CCOCC1)N1CCC(O)(CC2CC=NN2c2ccc(-c3ccccc3)c(CO)c2)CC1. The molecule has 35 heavy (non-hydrogen) atoms. The van der Waals surface area contributed by atoms with Crippen molar-refractivity contribution in [2.75, 3.05) is 44.4 Å². The maximum atomic E-state index is 12.8. The molecule has 1 atom stereocenters. The van der Waals surface area contributed by atoms with Gasteiger partial charge in [-0.2, -0.15) is 5.10 Å². The van der Waals surface area contributed by atoms with E-state index in [0.717, 1.165) is 28.8 Å². The average Bonchev–Trinajstić information content (AvgIpc) is 3.36. The summed E-state index contributed by atoms with van der Waals surface area (Å²) in [5.41, 5.74) is 3.01. The maximum Gasteiger partial charge on any atom is 0.320 e. The third-order valence-corrected chi connectivity index (χ3v) is 7.40. The Morgan fingerprint density at radius 2 is 1.74 bits per heavy atom. The first kappa shape index (κ1) is 23.8. The summed E-state index contributed by atoms with van der Waals surface area (Å²) in [6.45, 7) is 3.50. The molecule has 1 unspecified atom stereocenters. The summed E-state index contributed by atoms with van der Waals surface area (Å²) in [6.07, 6.45) is 4.36. The number of nitrogens with zero attached hydrogens (tertiary/aromatic N) is 4. The second-order valence-electron chi connectivity index (χ2n) is 9.70. The van der Waals surface area contributed by atoms with E-state index < -0.39 is 5.60 Å². The van der Waals surface area contributed by atoms with Crippen molar-refractivity contribution in [3.63, 3.8) is 0 Å². The standard InChI is InChI=1S/C27H34N4O4/c32-20-22-18-23(6-7-25(22)21-4-2-1-3-5-21)31-24(8-11-28-31)19-27(34)9-12-29(13-10-27)26(33)30-14-16-35-17-15-30/h1-7,11,18,24,32,34H,8-10,12-17,19-20H2. The van der Waals surface area contributed by atoms with Crippen LogP contribution in [-0.2, 0) is 11.3 Å². The summed E-state index contributed by atoms with van der Waals surface area (Å²) in [7, 11) is 0. The van der Waals surface area contributed by atoms with Gasteiger partial charge in [0.1, 0.15) is 0 Å². The number of aliphatic hydroxyl groups is 2. The van der Waals surface area contributed by atoms with Gasteiger partial charge in [0.25, 0.3) is 0 Å². The summed E-state index contributed by atoms with van der Waals surface area (Å²) in [4.78, 5) is 16.5. The van der Waals surface area contributed by atoms with E-state index in [0.29, 0.717) is 58.7 Å². The number of ether oxygens (including phenoxy) is 1. The molecule has 8 nitrogen and oxygen atoms in total. The van der Waals surface area contributed by atoms with E-state index in [9.17, 15) is 15.0 Å². The zero-order chi connectivity index (χ0) is 24.3. The van der Waals surface area contributed by atoms with Crippen LogP contribution in [0, 0.1) is 0 Å². The minimum atomic E-state index is -0.831. The number of hydrogen-bond acceptors (Lipinski definition) is 6. The lowest BCUT2D eigenvalue weighted by atomic mass is 9.84. The number of rotatable bonds is 5. The van der Waals surface area contributed by atoms with Crippen LogP contribution in [-0.4, -0.2) is 83.3 Å². The molecular weight excluding hydrogens is 444 g/mol. The summed E-state index contributed by atoms with van der Waals surface area (Å²) in [6, 6.07) is 16.2. The van der Waals surface area contributed by atoms with Crippen LogP contribution in [0.25, 0.3) is 11.1 Å². The number of benzene rings is 2. The van der Waals surface area contributed by atoms with E-state index in [-0.39, 0.29) is 18.7 Å². The number of hydrogen-bond donors (Lipinski definition) is 2. The third kappa shape index (κ3) is 5.19. The topological polar surface area (TPSA) is 88.8 Å². The molecule has 0 radical (unpaired) electrons. The van der Waals surface area contributed by atoms with Crippen molar-refractivity contribution in [1.82, 2.24) is 9.80 Å². The van der Waals surface area contributed by atoms with Crippen molar-refractivity contribution < 1.29 is 19.7 Å². The number of piperidine rings is 1. The molecule has 0 spiro atoms. The zero-order valence-electron chi connectivity index (χ0n) is 20.1. The predicted octanol–water partition coefficient (Wildman–Crippen LogP) is 3.08. The molecule has 2 aromatic rings. The number of amides is 2. The Morgan fingerprint density at radius 1 is 1.03 bits per heavy atom. The smallest absolute Gasteiger partial charge is 0.320 e. The van der Waals surface area contributed by atoms with Gasteiger partial charge in [-0.25, -0.2) is 4.79 Å². The molecule has 2 fully saturated rings. The van der Waals surface area contributed by atoms with Crippen LogP contribution in [0.15, 0.2) is 53.6 Å². The zero-order valence-corrected chi connectivity index (χ0v) is 20.1. The first-order valence-corrected chi connectivity index (χ1v) is 12.5. The third-order valence-electron chi connectivity index (χ3n) is 7.40. The van der Waals surface area contributed by atoms with Gasteiger partial charge >= 0.3 is 6.03 Å². The molecular formula is C27H34N4O4. The number of morpholine rings is 1. The van der Waals surface area contributed by atoms with Crippen molar-refractivity contribution in [2.45, 2.75) is 43.9 Å². The minimum Gasteiger partial charge on any atom is -0.392 e. The fraction of sp³-hybridized carbons (Fsp3) is 0.481. The first-order valence-electron chi connectivity index (χ1n) is 12.5. The number of likely N-dealkylation sites (tertiary alicyclic amines) is 1. The van der Waals surface area contributed by atoms with Crippen LogP contribution >= 0.6 is 0 Å². The fourth-order valence-corrected chi connectivity index (χ4v) is 5.36. The molecule has 3 heterocycles. The van der Waals surface area contributed by atoms with Gasteiger partial charge in [-0.15, -0.1) is 0 Å². The van der Waals surface area contributed by atoms with Crippen molar-refractivity contribution >= 4 is 17.9 Å². The highest BCUT2D eigenvalue weighted by molar-refractivity contribution is 5.75. The molecule has 2 N–H and O–H groups in total. The molecule has 0 aliphatic carbocycles. The molecule has 2 amide bonds. The van der Waals surface area contributed by atoms with E-state index in [4.69, 9.17) is 4.74 Å². The van der Waals surface area contributed by atoms with Gasteiger partial charge in [-0.3, -0.25) is 5.01 Å². The number of hydrazone groups is 1. The van der Waals surface area contributed by atoms with Crippen LogP contribution in [0.3, 0.4) is 0 Å². The molecule has 0 saturated carbocycles. The summed E-state index contributed by atoms with van der Waals surface area (Å²) < 4.78 is 5.35. The lowest BCUT2D eigenvalue weighted by molar-refractivity contribution is -0.0291. The van der Waals surface area contributed by atoms with Crippen molar-refractivity contribution in [3.05, 3.63) is 54.1 Å². The highest BCUT2D eigenvalue weighted by Gasteiger charge is 2.39. The largest absolute Gasteiger partial charge is 0.392 e. The highest BCUT2D eigenvalue weighted by Crippen LogP contribution is 2.35. The highest BCUT2D eigenvalue weighted by atomic mass is 16.5. The number of anilines is 1. The van der Waals surface area contributed by atoms with Crippen LogP contribution < -0.4 is 5.01 Å². The second-order valence-corrected chi connectivity index (χ2v) is 9.70. The van der Waals surface area contributed by atoms with Crippen LogP contribution in [0.4, 0.5) is 10.5 Å². The van der Waals surface area contributed by atoms with Gasteiger partial charge in [0.05, 0.1) is 37.2 Å². The number of aliphatic hydroxyl groups excluding tert-OH is 1. The molecule has 2 saturated heterocycles. The lowest BCUT2D eigenvalue weighted by Gasteiger charge is -2.42. The molecule has 5 rings (SSSR count). The van der Waals surface area contributed by atoms with E-state index in [2.05, 4.69) is 5.10 Å². The van der Waals surface area contributed by atoms with Crippen molar-refractivity contribution in [2.24, 2.45) is 5.10 Å². The molecule has 3 aliphatic heterocycles. The fourth-order valence-electron chi connectivity index (χ4n) is 5.36. The van der Waals surface area contributed by atoms with Gasteiger partial charge in [0.15, 0.2) is 0 Å². The Balaban J connectivity index is 1.24. The van der Waals surface area contributed by atoms with Crippen LogP contribution in [0.5, 0.6) is 0 Å². The molecule has 8 heteroatoms. The van der Waals surface area contributed by atoms with Crippen molar-refractivity contribution in [3.8, 4) is 11.1 Å². The normalized spacial score (nSPS) is 22.0. The Morgan fingerprint density at radius 3 is 2.46 bits per heavy atom. The van der Waals surface area contributed by atoms with Gasteiger partial charge < -0.3 is 24.7 Å². The molecule has 2 aromatic carbocycles.